The van der Waals surface area contributed by atoms with Gasteiger partial charge in [0.1, 0.15) is 0 Å². The Hall–Kier alpha value is -3.72. The van der Waals surface area contributed by atoms with Crippen molar-refractivity contribution in [3.63, 3.8) is 0 Å². The van der Waals surface area contributed by atoms with Crippen molar-refractivity contribution >= 4 is 23.8 Å². The monoisotopic (exact) mass is 391 g/mol. The summed E-state index contributed by atoms with van der Waals surface area (Å²) in [6.07, 6.45) is 8.01. The summed E-state index contributed by atoms with van der Waals surface area (Å²) in [6.45, 7) is 6.25. The lowest BCUT2D eigenvalue weighted by Crippen LogP contribution is -1.89. The zero-order valence-electron chi connectivity index (χ0n) is 17.6. The highest BCUT2D eigenvalue weighted by Gasteiger charge is 2.05. The molecule has 0 radical (unpaired) electrons. The van der Waals surface area contributed by atoms with Gasteiger partial charge in [-0.1, -0.05) is 53.1 Å². The molecule has 3 nitrogen and oxygen atoms in total. The maximum atomic E-state index is 4.67. The number of hydrogen-bond acceptors (Lipinski definition) is 2. The summed E-state index contributed by atoms with van der Waals surface area (Å²) in [6, 6.07) is 24.9. The van der Waals surface area contributed by atoms with Crippen LogP contribution in [-0.2, 0) is 0 Å². The molecule has 30 heavy (non-hydrogen) atoms. The highest BCUT2D eigenvalue weighted by atomic mass is 15.0. The Balaban J connectivity index is 1.69. The Labute approximate surface area is 178 Å². The Kier molecular flexibility index (Phi) is 5.71. The lowest BCUT2D eigenvalue weighted by molar-refractivity contribution is 1.08. The van der Waals surface area contributed by atoms with E-state index in [1.165, 1.54) is 16.7 Å². The van der Waals surface area contributed by atoms with E-state index in [4.69, 9.17) is 0 Å². The van der Waals surface area contributed by atoms with Crippen LogP contribution in [0, 0.1) is 20.8 Å². The molecule has 0 spiro atoms. The summed E-state index contributed by atoms with van der Waals surface area (Å²) in [5, 5.41) is 0. The van der Waals surface area contributed by atoms with Gasteiger partial charge in [-0.15, -0.1) is 0 Å². The second-order valence-corrected chi connectivity index (χ2v) is 7.60. The van der Waals surface area contributed by atoms with Crippen molar-refractivity contribution in [3.8, 4) is 5.69 Å². The van der Waals surface area contributed by atoms with E-state index in [9.17, 15) is 0 Å². The summed E-state index contributed by atoms with van der Waals surface area (Å²) in [7, 11) is 0. The van der Waals surface area contributed by atoms with Gasteiger partial charge in [0.25, 0.3) is 0 Å². The van der Waals surface area contributed by atoms with Crippen molar-refractivity contribution in [2.75, 3.05) is 0 Å². The van der Waals surface area contributed by atoms with E-state index in [-0.39, 0.29) is 0 Å². The van der Waals surface area contributed by atoms with Crippen LogP contribution in [-0.4, -0.2) is 17.0 Å². The van der Waals surface area contributed by atoms with Gasteiger partial charge in [-0.3, -0.25) is 9.98 Å². The second kappa shape index (κ2) is 8.75. The molecule has 0 saturated carbocycles. The molecule has 3 heteroatoms. The number of aryl methyl sites for hydroxylation is 3. The highest BCUT2D eigenvalue weighted by Crippen LogP contribution is 2.18. The lowest BCUT2D eigenvalue weighted by atomic mass is 10.2. The molecule has 0 N–H and O–H groups in total. The van der Waals surface area contributed by atoms with Crippen LogP contribution in [0.5, 0.6) is 0 Å². The molecule has 4 aromatic rings. The second-order valence-electron chi connectivity index (χ2n) is 7.60. The molecule has 0 aliphatic heterocycles. The van der Waals surface area contributed by atoms with Crippen LogP contribution in [0.1, 0.15) is 27.8 Å². The van der Waals surface area contributed by atoms with Crippen LogP contribution in [0.15, 0.2) is 95.2 Å². The summed E-state index contributed by atoms with van der Waals surface area (Å²) in [5.74, 6) is 0. The minimum absolute atomic E-state index is 0.935. The Morgan fingerprint density at radius 1 is 0.533 bits per heavy atom. The zero-order valence-corrected chi connectivity index (χ0v) is 17.6. The molecule has 1 heterocycles. The average molecular weight is 392 g/mol. The fourth-order valence-corrected chi connectivity index (χ4v) is 3.12. The zero-order chi connectivity index (χ0) is 20.9. The molecular formula is C27H25N3. The molecule has 1 aromatic heterocycles. The van der Waals surface area contributed by atoms with E-state index < -0.39 is 0 Å². The quantitative estimate of drug-likeness (QED) is 0.331. The summed E-state index contributed by atoms with van der Waals surface area (Å²) in [4.78, 5) is 9.33. The molecule has 4 rings (SSSR count). The fourth-order valence-electron chi connectivity index (χ4n) is 3.12. The molecule has 148 valence electrons. The van der Waals surface area contributed by atoms with Gasteiger partial charge in [-0.25, -0.2) is 0 Å². The average Bonchev–Trinajstić information content (AvgIpc) is 3.16. The SMILES string of the molecule is Cc1ccc(N=Cc2cn(-c3ccc(C)cc3)cc2C=Nc2ccc(C)cc2)cc1. The number of aliphatic imine (C=N–C) groups is 2. The largest absolute Gasteiger partial charge is 0.323 e. The standard InChI is InChI=1S/C27H25N3/c1-20-4-10-25(11-5-20)28-16-23-18-30(27-14-8-22(3)9-15-27)19-24(23)17-29-26-12-6-21(2)7-13-26/h4-19H,1-3H3. The van der Waals surface area contributed by atoms with Gasteiger partial charge < -0.3 is 4.57 Å². The van der Waals surface area contributed by atoms with Crippen molar-refractivity contribution in [1.29, 1.82) is 0 Å². The summed E-state index contributed by atoms with van der Waals surface area (Å²) in [5.41, 5.74) is 8.72. The Morgan fingerprint density at radius 3 is 1.30 bits per heavy atom. The van der Waals surface area contributed by atoms with Gasteiger partial charge in [-0.05, 0) is 57.2 Å². The maximum Gasteiger partial charge on any atom is 0.0630 e. The topological polar surface area (TPSA) is 29.6 Å². The molecule has 0 aliphatic rings. The summed E-state index contributed by atoms with van der Waals surface area (Å²) < 4.78 is 2.12. The van der Waals surface area contributed by atoms with Crippen LogP contribution in [0.25, 0.3) is 5.69 Å². The first kappa shape index (κ1) is 19.6. The van der Waals surface area contributed by atoms with Crippen LogP contribution < -0.4 is 0 Å². The van der Waals surface area contributed by atoms with Crippen molar-refractivity contribution in [3.05, 3.63) is 113 Å². The molecule has 0 atom stereocenters. The minimum Gasteiger partial charge on any atom is -0.323 e. The van der Waals surface area contributed by atoms with Gasteiger partial charge in [0.2, 0.25) is 0 Å². The van der Waals surface area contributed by atoms with E-state index in [1.807, 2.05) is 36.7 Å². The predicted octanol–water partition coefficient (Wildman–Crippen LogP) is 6.90. The van der Waals surface area contributed by atoms with E-state index in [0.717, 1.165) is 28.2 Å². The Morgan fingerprint density at radius 2 is 0.900 bits per heavy atom. The van der Waals surface area contributed by atoms with Gasteiger partial charge in [0, 0.05) is 41.6 Å². The molecular weight excluding hydrogens is 366 g/mol. The molecule has 0 aliphatic carbocycles. The van der Waals surface area contributed by atoms with Crippen LogP contribution in [0.3, 0.4) is 0 Å². The van der Waals surface area contributed by atoms with Crippen LogP contribution in [0.2, 0.25) is 0 Å². The van der Waals surface area contributed by atoms with E-state index in [2.05, 4.69) is 96.2 Å². The minimum atomic E-state index is 0.935. The van der Waals surface area contributed by atoms with Crippen molar-refractivity contribution in [2.45, 2.75) is 20.8 Å². The van der Waals surface area contributed by atoms with Gasteiger partial charge in [-0.2, -0.15) is 0 Å². The van der Waals surface area contributed by atoms with Gasteiger partial charge >= 0.3 is 0 Å². The smallest absolute Gasteiger partial charge is 0.0630 e. The first-order valence-electron chi connectivity index (χ1n) is 10.1. The third-order valence-electron chi connectivity index (χ3n) is 5.00. The molecule has 0 fully saturated rings. The first-order valence-corrected chi connectivity index (χ1v) is 10.1. The number of benzene rings is 3. The van der Waals surface area contributed by atoms with Gasteiger partial charge in [0.05, 0.1) is 11.4 Å². The van der Waals surface area contributed by atoms with Crippen molar-refractivity contribution in [2.24, 2.45) is 9.98 Å². The van der Waals surface area contributed by atoms with E-state index >= 15 is 0 Å². The molecule has 3 aromatic carbocycles. The normalized spacial score (nSPS) is 11.6. The third kappa shape index (κ3) is 4.81. The maximum absolute atomic E-state index is 4.67. The van der Waals surface area contributed by atoms with Gasteiger partial charge in [0.15, 0.2) is 0 Å². The van der Waals surface area contributed by atoms with Crippen molar-refractivity contribution in [1.82, 2.24) is 4.57 Å². The van der Waals surface area contributed by atoms with Crippen LogP contribution >= 0.6 is 0 Å². The summed E-state index contributed by atoms with van der Waals surface area (Å²) >= 11 is 0. The predicted molar refractivity (Wildman–Crippen MR) is 127 cm³/mol. The van der Waals surface area contributed by atoms with E-state index in [0.29, 0.717) is 0 Å². The number of nitrogens with zero attached hydrogens (tertiary/aromatic N) is 3. The molecule has 0 amide bonds. The number of aromatic nitrogens is 1. The van der Waals surface area contributed by atoms with Crippen LogP contribution in [0.4, 0.5) is 11.4 Å². The number of rotatable bonds is 5. The molecule has 0 saturated heterocycles. The highest BCUT2D eigenvalue weighted by molar-refractivity contribution is 5.96. The number of hydrogen-bond donors (Lipinski definition) is 0. The Bertz CT molecular complexity index is 1100. The fraction of sp³-hybridized carbons (Fsp3) is 0.111. The lowest BCUT2D eigenvalue weighted by Gasteiger charge is -2.02. The third-order valence-corrected chi connectivity index (χ3v) is 5.00. The molecule has 0 unspecified atom stereocenters. The van der Waals surface area contributed by atoms with Crippen molar-refractivity contribution < 1.29 is 0 Å². The molecule has 0 bridgehead atoms. The first-order chi connectivity index (χ1) is 14.6. The van der Waals surface area contributed by atoms with E-state index in [1.54, 1.807) is 0 Å².